The predicted octanol–water partition coefficient (Wildman–Crippen LogP) is 3.02. The van der Waals surface area contributed by atoms with Crippen LogP contribution in [0.2, 0.25) is 0 Å². The largest absolute Gasteiger partial charge is 0.463 e. The van der Waals surface area contributed by atoms with E-state index in [-0.39, 0.29) is 29.4 Å². The molecule has 10 heteroatoms. The maximum atomic E-state index is 12.8. The summed E-state index contributed by atoms with van der Waals surface area (Å²) in [5.41, 5.74) is 8.03. The lowest BCUT2D eigenvalue weighted by molar-refractivity contribution is -0.139. The maximum absolute atomic E-state index is 12.8. The number of rotatable bonds is 7. The molecule has 1 aliphatic carbocycles. The quantitative estimate of drug-likeness (QED) is 0.349. The van der Waals surface area contributed by atoms with Gasteiger partial charge >= 0.3 is 5.97 Å². The second-order valence-electron chi connectivity index (χ2n) is 7.97. The van der Waals surface area contributed by atoms with Gasteiger partial charge < -0.3 is 15.8 Å². The van der Waals surface area contributed by atoms with Gasteiger partial charge in [-0.2, -0.15) is 4.98 Å². The van der Waals surface area contributed by atoms with Crippen LogP contribution in [0.4, 0.5) is 5.82 Å². The number of carbonyl (C=O) groups excluding carboxylic acids is 2. The van der Waals surface area contributed by atoms with Gasteiger partial charge in [-0.15, -0.1) is 11.8 Å². The van der Waals surface area contributed by atoms with E-state index < -0.39 is 5.56 Å². The van der Waals surface area contributed by atoms with Gasteiger partial charge in [0.25, 0.3) is 5.56 Å². The molecular weight excluding hydrogens is 460 g/mol. The number of aryl methyl sites for hydroxylation is 1. The highest BCUT2D eigenvalue weighted by Gasteiger charge is 2.43. The van der Waals surface area contributed by atoms with Crippen LogP contribution in [-0.2, 0) is 14.3 Å². The van der Waals surface area contributed by atoms with E-state index in [1.807, 2.05) is 31.2 Å². The standard InChI is InChI=1S/C23H26N4O4S2/c1-3-31-22(30)20-15-8-5-9-16(15)33-21(20)25-19(29)12-32-23-26-18(28)11-17(24)27(23)14-7-4-6-13(2)10-14/h4,6-7,10-11,15-16H,3,5,8-9,12,24H2,1-2H3,(H,25,29). The van der Waals surface area contributed by atoms with Crippen LogP contribution in [0, 0.1) is 12.8 Å². The minimum Gasteiger partial charge on any atom is -0.463 e. The van der Waals surface area contributed by atoms with Crippen LogP contribution in [0.25, 0.3) is 5.69 Å². The zero-order valence-electron chi connectivity index (χ0n) is 18.5. The average Bonchev–Trinajstić information content (AvgIpc) is 3.32. The van der Waals surface area contributed by atoms with Crippen molar-refractivity contribution in [3.63, 3.8) is 0 Å². The van der Waals surface area contributed by atoms with E-state index in [0.717, 1.165) is 42.3 Å². The highest BCUT2D eigenvalue weighted by Crippen LogP contribution is 2.49. The number of nitrogens with one attached hydrogen (secondary N) is 1. The number of anilines is 1. The van der Waals surface area contributed by atoms with Gasteiger partial charge in [0, 0.05) is 22.9 Å². The molecule has 0 saturated heterocycles. The third-order valence-electron chi connectivity index (χ3n) is 5.60. The summed E-state index contributed by atoms with van der Waals surface area (Å²) in [5.74, 6) is -0.254. The van der Waals surface area contributed by atoms with Gasteiger partial charge in [0.1, 0.15) is 5.82 Å². The second-order valence-corrected chi connectivity index (χ2v) is 10.2. The number of amides is 1. The molecule has 33 heavy (non-hydrogen) atoms. The highest BCUT2D eigenvalue weighted by atomic mass is 32.2. The summed E-state index contributed by atoms with van der Waals surface area (Å²) < 4.78 is 6.90. The molecule has 1 amide bonds. The third-order valence-corrected chi connectivity index (χ3v) is 7.97. The number of benzene rings is 1. The number of hydrogen-bond donors (Lipinski definition) is 2. The molecule has 2 unspecified atom stereocenters. The van der Waals surface area contributed by atoms with Crippen molar-refractivity contribution in [2.24, 2.45) is 5.92 Å². The Morgan fingerprint density at radius 1 is 1.33 bits per heavy atom. The molecule has 2 aromatic rings. The monoisotopic (exact) mass is 486 g/mol. The molecule has 0 bridgehead atoms. The van der Waals surface area contributed by atoms with E-state index in [1.165, 1.54) is 6.07 Å². The topological polar surface area (TPSA) is 116 Å². The van der Waals surface area contributed by atoms with Crippen LogP contribution in [0.15, 0.2) is 50.9 Å². The number of nitrogens with two attached hydrogens (primary N) is 1. The molecule has 4 rings (SSSR count). The molecule has 0 radical (unpaired) electrons. The van der Waals surface area contributed by atoms with Gasteiger partial charge in [0.15, 0.2) is 5.16 Å². The number of nitrogen functional groups attached to an aromatic ring is 1. The number of aromatic nitrogens is 2. The van der Waals surface area contributed by atoms with Gasteiger partial charge in [-0.1, -0.05) is 30.3 Å². The Bertz CT molecular complexity index is 1180. The van der Waals surface area contributed by atoms with Crippen molar-refractivity contribution in [1.82, 2.24) is 14.9 Å². The van der Waals surface area contributed by atoms with Gasteiger partial charge in [-0.05, 0) is 44.4 Å². The minimum atomic E-state index is -0.467. The molecule has 0 spiro atoms. The van der Waals surface area contributed by atoms with Gasteiger partial charge in [0.2, 0.25) is 5.91 Å². The Morgan fingerprint density at radius 3 is 2.91 bits per heavy atom. The number of carbonyl (C=O) groups is 2. The Labute approximate surface area is 200 Å². The smallest absolute Gasteiger partial charge is 0.336 e. The lowest BCUT2D eigenvalue weighted by atomic mass is 9.98. The molecule has 2 aliphatic rings. The number of fused-ring (bicyclic) bond motifs is 1. The van der Waals surface area contributed by atoms with E-state index in [4.69, 9.17) is 10.5 Å². The molecule has 3 N–H and O–H groups in total. The predicted molar refractivity (Wildman–Crippen MR) is 130 cm³/mol. The van der Waals surface area contributed by atoms with Crippen LogP contribution in [0.3, 0.4) is 0 Å². The van der Waals surface area contributed by atoms with Gasteiger partial charge in [-0.25, -0.2) is 4.79 Å². The summed E-state index contributed by atoms with van der Waals surface area (Å²) in [5, 5.41) is 4.12. The molecule has 1 fully saturated rings. The summed E-state index contributed by atoms with van der Waals surface area (Å²) in [6.45, 7) is 4.02. The summed E-state index contributed by atoms with van der Waals surface area (Å²) in [6, 6.07) is 8.90. The molecule has 2 atom stereocenters. The SMILES string of the molecule is CCOC(=O)C1=C(NC(=O)CSc2nc(=O)cc(N)n2-c2cccc(C)c2)SC2CCCC12. The fourth-order valence-corrected chi connectivity index (χ4v) is 6.61. The van der Waals surface area contributed by atoms with Crippen LogP contribution >= 0.6 is 23.5 Å². The fraction of sp³-hybridized carbons (Fsp3) is 0.391. The Balaban J connectivity index is 1.53. The van der Waals surface area contributed by atoms with E-state index in [9.17, 15) is 14.4 Å². The van der Waals surface area contributed by atoms with E-state index in [2.05, 4.69) is 10.3 Å². The lowest BCUT2D eigenvalue weighted by Crippen LogP contribution is -2.26. The van der Waals surface area contributed by atoms with E-state index in [0.29, 0.717) is 27.6 Å². The molecule has 1 aromatic heterocycles. The van der Waals surface area contributed by atoms with Crippen LogP contribution in [0.5, 0.6) is 0 Å². The lowest BCUT2D eigenvalue weighted by Gasteiger charge is -2.15. The first kappa shape index (κ1) is 23.4. The summed E-state index contributed by atoms with van der Waals surface area (Å²) >= 11 is 2.67. The Hall–Kier alpha value is -2.72. The number of nitrogens with zero attached hydrogens (tertiary/aromatic N) is 2. The zero-order chi connectivity index (χ0) is 23.5. The van der Waals surface area contributed by atoms with Crippen molar-refractivity contribution in [1.29, 1.82) is 0 Å². The van der Waals surface area contributed by atoms with Crippen LogP contribution < -0.4 is 16.6 Å². The number of ether oxygens (including phenoxy) is 1. The first-order chi connectivity index (χ1) is 15.9. The van der Waals surface area contributed by atoms with E-state index >= 15 is 0 Å². The molecule has 8 nitrogen and oxygen atoms in total. The Morgan fingerprint density at radius 2 is 2.15 bits per heavy atom. The molecule has 1 aromatic carbocycles. The van der Waals surface area contributed by atoms with Crippen molar-refractivity contribution in [3.8, 4) is 5.69 Å². The van der Waals surface area contributed by atoms with Gasteiger partial charge in [0.05, 0.1) is 23.0 Å². The summed E-state index contributed by atoms with van der Waals surface area (Å²) in [7, 11) is 0. The summed E-state index contributed by atoms with van der Waals surface area (Å²) in [6.07, 6.45) is 3.01. The van der Waals surface area contributed by atoms with Crippen molar-refractivity contribution in [2.75, 3.05) is 18.1 Å². The Kier molecular flexibility index (Phi) is 7.14. The minimum absolute atomic E-state index is 0.0111. The fourth-order valence-electron chi connectivity index (χ4n) is 4.22. The first-order valence-corrected chi connectivity index (χ1v) is 12.7. The molecule has 174 valence electrons. The van der Waals surface area contributed by atoms with Crippen molar-refractivity contribution >= 4 is 41.2 Å². The highest BCUT2D eigenvalue weighted by molar-refractivity contribution is 8.04. The van der Waals surface area contributed by atoms with E-state index in [1.54, 1.807) is 23.3 Å². The van der Waals surface area contributed by atoms with Crippen molar-refractivity contribution in [2.45, 2.75) is 43.5 Å². The normalized spacial score (nSPS) is 19.5. The second kappa shape index (κ2) is 10.0. The number of esters is 1. The molecule has 1 saturated carbocycles. The van der Waals surface area contributed by atoms with Crippen LogP contribution in [0.1, 0.15) is 31.7 Å². The maximum Gasteiger partial charge on any atom is 0.336 e. The van der Waals surface area contributed by atoms with Crippen molar-refractivity contribution < 1.29 is 14.3 Å². The van der Waals surface area contributed by atoms with Crippen molar-refractivity contribution in [3.05, 3.63) is 56.9 Å². The molecule has 2 heterocycles. The number of hydrogen-bond acceptors (Lipinski definition) is 8. The molecule has 1 aliphatic heterocycles. The summed E-state index contributed by atoms with van der Waals surface area (Å²) in [4.78, 5) is 41.4. The third kappa shape index (κ3) is 5.11. The molecular formula is C23H26N4O4S2. The first-order valence-electron chi connectivity index (χ1n) is 10.8. The average molecular weight is 487 g/mol. The van der Waals surface area contributed by atoms with Crippen LogP contribution in [-0.4, -0.2) is 39.0 Å². The van der Waals surface area contributed by atoms with Gasteiger partial charge in [-0.3, -0.25) is 14.2 Å². The zero-order valence-corrected chi connectivity index (χ0v) is 20.1. The number of thioether (sulfide) groups is 2.